The molecule has 0 bridgehead atoms. The van der Waals surface area contributed by atoms with E-state index in [9.17, 15) is 15.3 Å². The molecule has 0 spiro atoms. The molecule has 0 radical (unpaired) electrons. The maximum Gasteiger partial charge on any atom is 0.203 e. The molecular formula is C11H17N3O5S. The van der Waals surface area contributed by atoms with Crippen LogP contribution >= 0.6 is 12.2 Å². The first kappa shape index (κ1) is 15.3. The number of ether oxygens (including phenoxy) is 1. The number of hydrogen-bond acceptors (Lipinski definition) is 8. The van der Waals surface area contributed by atoms with Crippen LogP contribution < -0.4 is 5.73 Å². The van der Waals surface area contributed by atoms with Gasteiger partial charge in [-0.2, -0.15) is 0 Å². The zero-order valence-electron chi connectivity index (χ0n) is 10.7. The second-order valence-corrected chi connectivity index (χ2v) is 5.04. The van der Waals surface area contributed by atoms with Crippen LogP contribution in [-0.2, 0) is 4.74 Å². The van der Waals surface area contributed by atoms with Gasteiger partial charge >= 0.3 is 0 Å². The van der Waals surface area contributed by atoms with Crippen LogP contribution in [-0.4, -0.2) is 54.9 Å². The minimum atomic E-state index is -1.27. The molecule has 2 rings (SSSR count). The van der Waals surface area contributed by atoms with E-state index in [2.05, 4.69) is 4.98 Å². The Kier molecular flexibility index (Phi) is 4.37. The molecule has 1 aliphatic rings. The molecule has 0 aromatic carbocycles. The first-order valence-corrected chi connectivity index (χ1v) is 6.46. The lowest BCUT2D eigenvalue weighted by Crippen LogP contribution is -2.33. The van der Waals surface area contributed by atoms with Gasteiger partial charge in [0, 0.05) is 11.8 Å². The zero-order valence-corrected chi connectivity index (χ0v) is 11.6. The van der Waals surface area contributed by atoms with E-state index in [4.69, 9.17) is 27.8 Å². The minimum absolute atomic E-state index is 0.0433. The van der Waals surface area contributed by atoms with Crippen molar-refractivity contribution in [2.75, 3.05) is 12.3 Å². The molecule has 8 nitrogen and oxygen atoms in total. The van der Waals surface area contributed by atoms with Crippen molar-refractivity contribution in [2.45, 2.75) is 37.6 Å². The number of nitrogens with two attached hydrogens (primary N) is 1. The average molecular weight is 303 g/mol. The van der Waals surface area contributed by atoms with Gasteiger partial charge in [0.25, 0.3) is 0 Å². The Labute approximate surface area is 120 Å². The van der Waals surface area contributed by atoms with Gasteiger partial charge in [0.2, 0.25) is 4.77 Å². The number of hydrogen-bond donors (Lipinski definition) is 5. The van der Waals surface area contributed by atoms with Crippen LogP contribution in [0.4, 0.5) is 5.82 Å². The van der Waals surface area contributed by atoms with Gasteiger partial charge in [-0.1, -0.05) is 0 Å². The predicted octanol–water partition coefficient (Wildman–Crippen LogP) is -1.14. The lowest BCUT2D eigenvalue weighted by atomic mass is 10.1. The summed E-state index contributed by atoms with van der Waals surface area (Å²) in [4.78, 5) is 3.91. The van der Waals surface area contributed by atoms with Crippen LogP contribution in [0.5, 0.6) is 0 Å². The topological polar surface area (TPSA) is 134 Å². The molecular weight excluding hydrogens is 286 g/mol. The molecule has 0 saturated carbocycles. The maximum absolute atomic E-state index is 9.96. The van der Waals surface area contributed by atoms with E-state index >= 15 is 0 Å². The van der Waals surface area contributed by atoms with E-state index < -0.39 is 37.3 Å². The smallest absolute Gasteiger partial charge is 0.203 e. The highest BCUT2D eigenvalue weighted by Crippen LogP contribution is 2.30. The summed E-state index contributed by atoms with van der Waals surface area (Å²) in [6.07, 6.45) is -3.87. The Hall–Kier alpha value is -1.10. The maximum atomic E-state index is 9.96. The molecule has 112 valence electrons. The summed E-state index contributed by atoms with van der Waals surface area (Å²) >= 11 is 5.04. The van der Waals surface area contributed by atoms with Crippen LogP contribution in [0.15, 0.2) is 6.20 Å². The number of nitrogens with zero attached hydrogens (tertiary/aromatic N) is 2. The van der Waals surface area contributed by atoms with Gasteiger partial charge in [0.15, 0.2) is 6.23 Å². The van der Waals surface area contributed by atoms with Gasteiger partial charge in [-0.15, -0.1) is 0 Å². The van der Waals surface area contributed by atoms with Gasteiger partial charge in [-0.25, -0.2) is 4.98 Å². The van der Waals surface area contributed by atoms with Crippen molar-refractivity contribution in [1.29, 1.82) is 0 Å². The Morgan fingerprint density at radius 2 is 2.15 bits per heavy atom. The molecule has 1 saturated heterocycles. The number of aliphatic hydroxyl groups excluding tert-OH is 4. The van der Waals surface area contributed by atoms with Crippen molar-refractivity contribution < 1.29 is 25.2 Å². The van der Waals surface area contributed by atoms with E-state index in [0.29, 0.717) is 5.56 Å². The van der Waals surface area contributed by atoms with Gasteiger partial charge in [-0.05, 0) is 19.1 Å². The summed E-state index contributed by atoms with van der Waals surface area (Å²) in [6.45, 7) is 1.08. The SMILES string of the molecule is CC(O)c1cn([C@@H]2O[C@H](CO)[C@@H](O)[C@H]2O)c(=S)nc1N. The second kappa shape index (κ2) is 5.72. The monoisotopic (exact) mass is 303 g/mol. The van der Waals surface area contributed by atoms with Crippen molar-refractivity contribution in [3.05, 3.63) is 16.5 Å². The molecule has 1 aromatic heterocycles. The fourth-order valence-electron chi connectivity index (χ4n) is 2.11. The second-order valence-electron chi connectivity index (χ2n) is 4.68. The summed E-state index contributed by atoms with van der Waals surface area (Å²) in [5, 5.41) is 38.4. The number of rotatable bonds is 3. The molecule has 0 aliphatic carbocycles. The molecule has 1 unspecified atom stereocenters. The van der Waals surface area contributed by atoms with E-state index in [0.717, 1.165) is 0 Å². The van der Waals surface area contributed by atoms with E-state index in [1.165, 1.54) is 17.7 Å². The highest BCUT2D eigenvalue weighted by atomic mass is 32.1. The van der Waals surface area contributed by atoms with E-state index in [1.807, 2.05) is 0 Å². The minimum Gasteiger partial charge on any atom is -0.394 e. The lowest BCUT2D eigenvalue weighted by molar-refractivity contribution is -0.0543. The molecule has 1 aliphatic heterocycles. The summed E-state index contributed by atoms with van der Waals surface area (Å²) in [6, 6.07) is 0. The van der Waals surface area contributed by atoms with Crippen LogP contribution in [0.1, 0.15) is 24.8 Å². The third-order valence-electron chi connectivity index (χ3n) is 3.25. The normalized spacial score (nSPS) is 31.4. The first-order chi connectivity index (χ1) is 9.36. The molecule has 5 atom stereocenters. The third-order valence-corrected chi connectivity index (χ3v) is 3.55. The number of aliphatic hydroxyl groups is 4. The molecule has 6 N–H and O–H groups in total. The van der Waals surface area contributed by atoms with Gasteiger partial charge < -0.3 is 30.9 Å². The fourth-order valence-corrected chi connectivity index (χ4v) is 2.37. The number of aromatic nitrogens is 2. The summed E-state index contributed by atoms with van der Waals surface area (Å²) < 4.78 is 6.71. The number of nitrogen functional groups attached to an aromatic ring is 1. The lowest BCUT2D eigenvalue weighted by Gasteiger charge is -2.20. The van der Waals surface area contributed by atoms with Gasteiger partial charge in [0.1, 0.15) is 24.1 Å². The average Bonchev–Trinajstić information content (AvgIpc) is 2.66. The van der Waals surface area contributed by atoms with Crippen LogP contribution in [0, 0.1) is 4.77 Å². The van der Waals surface area contributed by atoms with Gasteiger partial charge in [0.05, 0.1) is 12.7 Å². The largest absolute Gasteiger partial charge is 0.394 e. The molecule has 9 heteroatoms. The first-order valence-electron chi connectivity index (χ1n) is 6.06. The summed E-state index contributed by atoms with van der Waals surface area (Å²) in [5.41, 5.74) is 5.99. The Balaban J connectivity index is 2.43. The molecule has 1 fully saturated rings. The van der Waals surface area contributed by atoms with Crippen LogP contribution in [0.2, 0.25) is 0 Å². The predicted molar refractivity (Wildman–Crippen MR) is 71.1 cm³/mol. The Morgan fingerprint density at radius 1 is 1.50 bits per heavy atom. The van der Waals surface area contributed by atoms with Crippen LogP contribution in [0.25, 0.3) is 0 Å². The van der Waals surface area contributed by atoms with Crippen molar-refractivity contribution in [3.63, 3.8) is 0 Å². The van der Waals surface area contributed by atoms with E-state index in [-0.39, 0.29) is 10.6 Å². The summed E-state index contributed by atoms with van der Waals surface area (Å²) in [5.74, 6) is 0.0907. The van der Waals surface area contributed by atoms with Crippen molar-refractivity contribution in [2.24, 2.45) is 0 Å². The van der Waals surface area contributed by atoms with Crippen molar-refractivity contribution >= 4 is 18.0 Å². The Bertz CT molecular complexity index is 549. The molecule has 20 heavy (non-hydrogen) atoms. The highest BCUT2D eigenvalue weighted by Gasteiger charge is 2.43. The summed E-state index contributed by atoms with van der Waals surface area (Å²) in [7, 11) is 0. The Morgan fingerprint density at radius 3 is 2.65 bits per heavy atom. The van der Waals surface area contributed by atoms with Gasteiger partial charge in [-0.3, -0.25) is 4.57 Å². The molecule has 0 amide bonds. The quantitative estimate of drug-likeness (QED) is 0.442. The third kappa shape index (κ3) is 2.55. The zero-order chi connectivity index (χ0) is 15.0. The van der Waals surface area contributed by atoms with Crippen molar-refractivity contribution in [1.82, 2.24) is 9.55 Å². The van der Waals surface area contributed by atoms with Crippen molar-refractivity contribution in [3.8, 4) is 0 Å². The highest BCUT2D eigenvalue weighted by molar-refractivity contribution is 7.71. The fraction of sp³-hybridized carbons (Fsp3) is 0.636. The van der Waals surface area contributed by atoms with Crippen LogP contribution in [0.3, 0.4) is 0 Å². The van der Waals surface area contributed by atoms with E-state index in [1.54, 1.807) is 0 Å². The standard InChI is InChI=1S/C11H17N3O5S/c1-4(16)5-2-14(11(20)13-9(5)12)10-8(18)7(17)6(3-15)19-10/h2,4,6-8,10,15-18H,3H2,1H3,(H2,12,13,20)/t4?,6-,7-,8-,10-/m1/s1. The molecule has 1 aromatic rings. The molecule has 2 heterocycles. The number of anilines is 1.